The fraction of sp³-hybridized carbons (Fsp3) is 0.818. The minimum absolute atomic E-state index is 0.229. The minimum atomic E-state index is 0.229. The summed E-state index contributed by atoms with van der Waals surface area (Å²) in [6.07, 6.45) is 6.07. The lowest BCUT2D eigenvalue weighted by Crippen LogP contribution is -2.12. The highest BCUT2D eigenvalue weighted by molar-refractivity contribution is 5.86. The van der Waals surface area contributed by atoms with Gasteiger partial charge in [0.1, 0.15) is 11.6 Å². The van der Waals surface area contributed by atoms with Crippen LogP contribution in [0.25, 0.3) is 0 Å². The van der Waals surface area contributed by atoms with E-state index >= 15 is 0 Å². The predicted molar refractivity (Wildman–Crippen MR) is 49.3 cm³/mol. The maximum Gasteiger partial charge on any atom is 0.136 e. The van der Waals surface area contributed by atoms with Gasteiger partial charge >= 0.3 is 0 Å². The minimum Gasteiger partial charge on any atom is -0.299 e. The standard InChI is InChI=1S/C11H16O2/c12-10-3-1-2-4-11(13)9-6-5-8(10)7-9/h8-9H,1-7H2. The molecule has 13 heavy (non-hydrogen) atoms. The molecule has 0 amide bonds. The van der Waals surface area contributed by atoms with Gasteiger partial charge in [-0.3, -0.25) is 9.59 Å². The highest BCUT2D eigenvalue weighted by Gasteiger charge is 2.33. The summed E-state index contributed by atoms with van der Waals surface area (Å²) in [5, 5.41) is 0. The zero-order valence-corrected chi connectivity index (χ0v) is 7.92. The first-order valence-corrected chi connectivity index (χ1v) is 5.33. The zero-order valence-electron chi connectivity index (χ0n) is 7.92. The SMILES string of the molecule is O=C1CCCCC(=O)C2CCC1C2. The van der Waals surface area contributed by atoms with Gasteiger partial charge in [-0.05, 0) is 32.1 Å². The summed E-state index contributed by atoms with van der Waals surface area (Å²) in [6, 6.07) is 0. The van der Waals surface area contributed by atoms with Crippen LogP contribution in [0, 0.1) is 11.8 Å². The number of fused-ring (bicyclic) bond motifs is 2. The van der Waals surface area contributed by atoms with Crippen LogP contribution in [0.2, 0.25) is 0 Å². The molecular formula is C11H16O2. The van der Waals surface area contributed by atoms with Gasteiger partial charge in [-0.2, -0.15) is 0 Å². The molecule has 0 radical (unpaired) electrons. The quantitative estimate of drug-likeness (QED) is 0.572. The first kappa shape index (κ1) is 8.92. The number of carbonyl (C=O) groups is 2. The Morgan fingerprint density at radius 2 is 1.31 bits per heavy atom. The topological polar surface area (TPSA) is 34.1 Å². The highest BCUT2D eigenvalue weighted by atomic mass is 16.1. The molecule has 2 heteroatoms. The number of hydrogen-bond acceptors (Lipinski definition) is 2. The van der Waals surface area contributed by atoms with Crippen LogP contribution in [-0.2, 0) is 9.59 Å². The Morgan fingerprint density at radius 1 is 0.846 bits per heavy atom. The average Bonchev–Trinajstić information content (AvgIpc) is 2.60. The molecule has 0 aromatic carbocycles. The summed E-state index contributed by atoms with van der Waals surface area (Å²) in [7, 11) is 0. The van der Waals surface area contributed by atoms with E-state index < -0.39 is 0 Å². The van der Waals surface area contributed by atoms with E-state index in [0.29, 0.717) is 24.4 Å². The molecule has 2 aliphatic rings. The van der Waals surface area contributed by atoms with E-state index in [1.165, 1.54) is 0 Å². The van der Waals surface area contributed by atoms with E-state index in [1.807, 2.05) is 0 Å². The largest absolute Gasteiger partial charge is 0.299 e. The number of hydrogen-bond donors (Lipinski definition) is 0. The van der Waals surface area contributed by atoms with E-state index in [9.17, 15) is 9.59 Å². The second-order valence-corrected chi connectivity index (χ2v) is 4.35. The van der Waals surface area contributed by atoms with Crippen LogP contribution in [0.3, 0.4) is 0 Å². The molecule has 0 spiro atoms. The van der Waals surface area contributed by atoms with Gasteiger partial charge < -0.3 is 0 Å². The summed E-state index contributed by atoms with van der Waals surface area (Å²) >= 11 is 0. The van der Waals surface area contributed by atoms with Crippen LogP contribution in [0.15, 0.2) is 0 Å². The Kier molecular flexibility index (Phi) is 2.47. The van der Waals surface area contributed by atoms with Crippen LogP contribution in [0.5, 0.6) is 0 Å². The van der Waals surface area contributed by atoms with E-state index in [4.69, 9.17) is 0 Å². The molecule has 2 fully saturated rings. The van der Waals surface area contributed by atoms with E-state index in [2.05, 4.69) is 0 Å². The van der Waals surface area contributed by atoms with Crippen molar-refractivity contribution in [2.75, 3.05) is 0 Å². The molecule has 2 atom stereocenters. The Morgan fingerprint density at radius 3 is 1.77 bits per heavy atom. The Labute approximate surface area is 78.7 Å². The molecule has 0 heterocycles. The van der Waals surface area contributed by atoms with Crippen LogP contribution in [-0.4, -0.2) is 11.6 Å². The Balaban J connectivity index is 2.09. The molecule has 0 saturated heterocycles. The second kappa shape index (κ2) is 3.60. The van der Waals surface area contributed by atoms with Crippen LogP contribution >= 0.6 is 0 Å². The first-order valence-electron chi connectivity index (χ1n) is 5.33. The summed E-state index contributed by atoms with van der Waals surface area (Å²) in [5.74, 6) is 1.29. The van der Waals surface area contributed by atoms with E-state index in [1.54, 1.807) is 0 Å². The van der Waals surface area contributed by atoms with Crippen molar-refractivity contribution < 1.29 is 9.59 Å². The lowest BCUT2D eigenvalue weighted by Gasteiger charge is -2.05. The van der Waals surface area contributed by atoms with Gasteiger partial charge in [0.15, 0.2) is 0 Å². The van der Waals surface area contributed by atoms with E-state index in [0.717, 1.165) is 32.1 Å². The average molecular weight is 180 g/mol. The number of carbonyl (C=O) groups excluding carboxylic acids is 2. The summed E-state index contributed by atoms with van der Waals surface area (Å²) in [6.45, 7) is 0. The van der Waals surface area contributed by atoms with Crippen molar-refractivity contribution in [3.63, 3.8) is 0 Å². The molecule has 2 nitrogen and oxygen atoms in total. The smallest absolute Gasteiger partial charge is 0.136 e. The Bertz CT molecular complexity index is 208. The van der Waals surface area contributed by atoms with E-state index in [-0.39, 0.29) is 11.8 Å². The molecule has 0 aromatic heterocycles. The second-order valence-electron chi connectivity index (χ2n) is 4.35. The maximum absolute atomic E-state index is 11.6. The highest BCUT2D eigenvalue weighted by Crippen LogP contribution is 2.35. The summed E-state index contributed by atoms with van der Waals surface area (Å²) < 4.78 is 0. The van der Waals surface area contributed by atoms with Crippen molar-refractivity contribution in [1.29, 1.82) is 0 Å². The van der Waals surface area contributed by atoms with Crippen molar-refractivity contribution in [2.45, 2.75) is 44.9 Å². The number of ketones is 2. The molecule has 0 aromatic rings. The monoisotopic (exact) mass is 180 g/mol. The van der Waals surface area contributed by atoms with Crippen molar-refractivity contribution in [2.24, 2.45) is 11.8 Å². The summed E-state index contributed by atoms with van der Waals surface area (Å²) in [5.41, 5.74) is 0. The van der Waals surface area contributed by atoms with Crippen LogP contribution < -0.4 is 0 Å². The zero-order chi connectivity index (χ0) is 9.26. The maximum atomic E-state index is 11.6. The molecule has 2 aliphatic carbocycles. The molecule has 2 bridgehead atoms. The van der Waals surface area contributed by atoms with Gasteiger partial charge in [0.25, 0.3) is 0 Å². The Hall–Kier alpha value is -0.660. The molecular weight excluding hydrogens is 164 g/mol. The van der Waals surface area contributed by atoms with Gasteiger partial charge in [-0.1, -0.05) is 0 Å². The molecule has 2 unspecified atom stereocenters. The molecule has 2 saturated carbocycles. The van der Waals surface area contributed by atoms with Crippen molar-refractivity contribution >= 4 is 11.6 Å². The van der Waals surface area contributed by atoms with Crippen molar-refractivity contribution in [3.8, 4) is 0 Å². The normalized spacial score (nSPS) is 35.4. The molecule has 72 valence electrons. The lowest BCUT2D eigenvalue weighted by molar-refractivity contribution is -0.123. The lowest BCUT2D eigenvalue weighted by atomic mass is 9.97. The predicted octanol–water partition coefficient (Wildman–Crippen LogP) is 2.11. The molecule has 0 N–H and O–H groups in total. The van der Waals surface area contributed by atoms with Gasteiger partial charge in [0.2, 0.25) is 0 Å². The fourth-order valence-electron chi connectivity index (χ4n) is 2.57. The third-order valence-electron chi connectivity index (χ3n) is 3.44. The van der Waals surface area contributed by atoms with Gasteiger partial charge in [-0.25, -0.2) is 0 Å². The van der Waals surface area contributed by atoms with Crippen LogP contribution in [0.4, 0.5) is 0 Å². The van der Waals surface area contributed by atoms with Crippen molar-refractivity contribution in [3.05, 3.63) is 0 Å². The molecule has 0 aliphatic heterocycles. The van der Waals surface area contributed by atoms with Gasteiger partial charge in [0.05, 0.1) is 0 Å². The van der Waals surface area contributed by atoms with Crippen molar-refractivity contribution in [1.82, 2.24) is 0 Å². The van der Waals surface area contributed by atoms with Crippen LogP contribution in [0.1, 0.15) is 44.9 Å². The number of Topliss-reactive ketones (excluding diaryl/α,β-unsaturated/α-hetero) is 2. The summed E-state index contributed by atoms with van der Waals surface area (Å²) in [4.78, 5) is 23.1. The fourth-order valence-corrected chi connectivity index (χ4v) is 2.57. The first-order chi connectivity index (χ1) is 6.27. The van der Waals surface area contributed by atoms with Gasteiger partial charge in [0, 0.05) is 24.7 Å². The van der Waals surface area contributed by atoms with Gasteiger partial charge in [-0.15, -0.1) is 0 Å². The third kappa shape index (κ3) is 1.82. The molecule has 2 rings (SSSR count). The number of rotatable bonds is 0. The third-order valence-corrected chi connectivity index (χ3v) is 3.44.